The lowest BCUT2D eigenvalue weighted by atomic mass is 10.1. The second-order valence-corrected chi connectivity index (χ2v) is 5.34. The van der Waals surface area contributed by atoms with Crippen molar-refractivity contribution >= 4 is 33.3 Å². The molecule has 2 rings (SSSR count). The lowest BCUT2D eigenvalue weighted by Gasteiger charge is -2.04. The fraction of sp³-hybridized carbons (Fsp3) is 0.143. The molecule has 0 spiro atoms. The zero-order valence-electron chi connectivity index (χ0n) is 9.78. The molecule has 0 aliphatic heterocycles. The van der Waals surface area contributed by atoms with Gasteiger partial charge in [-0.3, -0.25) is 9.78 Å². The van der Waals surface area contributed by atoms with Crippen molar-refractivity contribution in [2.75, 3.05) is 0 Å². The van der Waals surface area contributed by atoms with Gasteiger partial charge in [-0.1, -0.05) is 33.6 Å². The first kappa shape index (κ1) is 13.2. The van der Waals surface area contributed by atoms with E-state index in [2.05, 4.69) is 20.9 Å². The molecule has 0 saturated heterocycles. The molecule has 92 valence electrons. The van der Waals surface area contributed by atoms with E-state index in [9.17, 15) is 4.79 Å². The first-order valence-electron chi connectivity index (χ1n) is 5.46. The van der Waals surface area contributed by atoms with Crippen LogP contribution in [0.15, 0.2) is 41.0 Å². The van der Waals surface area contributed by atoms with Gasteiger partial charge >= 0.3 is 0 Å². The number of rotatable bonds is 3. The molecule has 0 saturated carbocycles. The fourth-order valence-electron chi connectivity index (χ4n) is 1.57. The van der Waals surface area contributed by atoms with Gasteiger partial charge in [0.2, 0.25) is 0 Å². The summed E-state index contributed by atoms with van der Waals surface area (Å²) >= 11 is 9.25. The number of pyridine rings is 1. The van der Waals surface area contributed by atoms with Gasteiger partial charge in [-0.2, -0.15) is 0 Å². The minimum Gasteiger partial charge on any atom is -0.294 e. The van der Waals surface area contributed by atoms with E-state index in [1.807, 2.05) is 19.1 Å². The Kier molecular flexibility index (Phi) is 4.15. The van der Waals surface area contributed by atoms with Crippen LogP contribution in [0.5, 0.6) is 0 Å². The first-order chi connectivity index (χ1) is 8.56. The van der Waals surface area contributed by atoms with Gasteiger partial charge in [0.05, 0.1) is 6.42 Å². The topological polar surface area (TPSA) is 30.0 Å². The van der Waals surface area contributed by atoms with Crippen LogP contribution in [-0.2, 0) is 6.42 Å². The summed E-state index contributed by atoms with van der Waals surface area (Å²) in [6.07, 6.45) is 2.04. The molecule has 0 fully saturated rings. The zero-order chi connectivity index (χ0) is 13.1. The SMILES string of the molecule is Cc1ccc(CC(=O)c2cc(Cl)ccc2Br)nc1. The summed E-state index contributed by atoms with van der Waals surface area (Å²) in [6, 6.07) is 9.00. The van der Waals surface area contributed by atoms with E-state index in [1.165, 1.54) is 0 Å². The van der Waals surface area contributed by atoms with Crippen LogP contribution in [0.25, 0.3) is 0 Å². The molecule has 0 N–H and O–H groups in total. The van der Waals surface area contributed by atoms with Gasteiger partial charge in [-0.25, -0.2) is 0 Å². The van der Waals surface area contributed by atoms with Gasteiger partial charge in [0, 0.05) is 26.9 Å². The maximum atomic E-state index is 12.1. The van der Waals surface area contributed by atoms with Gasteiger partial charge < -0.3 is 0 Å². The van der Waals surface area contributed by atoms with Gasteiger partial charge in [0.1, 0.15) is 0 Å². The van der Waals surface area contributed by atoms with Crippen LogP contribution in [0.2, 0.25) is 5.02 Å². The third-order valence-electron chi connectivity index (χ3n) is 2.54. The van der Waals surface area contributed by atoms with E-state index >= 15 is 0 Å². The largest absolute Gasteiger partial charge is 0.294 e. The monoisotopic (exact) mass is 323 g/mol. The summed E-state index contributed by atoms with van der Waals surface area (Å²) in [5.74, 6) is 0.000674. The summed E-state index contributed by atoms with van der Waals surface area (Å²) in [6.45, 7) is 1.96. The second kappa shape index (κ2) is 5.63. The van der Waals surface area contributed by atoms with Crippen molar-refractivity contribution in [1.82, 2.24) is 4.98 Å². The fourth-order valence-corrected chi connectivity index (χ4v) is 2.21. The van der Waals surface area contributed by atoms with Crippen molar-refractivity contribution in [3.63, 3.8) is 0 Å². The molecule has 0 aliphatic carbocycles. The van der Waals surface area contributed by atoms with Crippen LogP contribution in [0, 0.1) is 6.92 Å². The molecular formula is C14H11BrClNO. The molecule has 1 heterocycles. The predicted molar refractivity (Wildman–Crippen MR) is 76.2 cm³/mol. The number of nitrogens with zero attached hydrogens (tertiary/aromatic N) is 1. The van der Waals surface area contributed by atoms with Crippen LogP contribution >= 0.6 is 27.5 Å². The minimum absolute atomic E-state index is 0.000674. The Morgan fingerprint density at radius 3 is 2.78 bits per heavy atom. The smallest absolute Gasteiger partial charge is 0.169 e. The lowest BCUT2D eigenvalue weighted by molar-refractivity contribution is 0.0991. The highest BCUT2D eigenvalue weighted by Crippen LogP contribution is 2.22. The van der Waals surface area contributed by atoms with Crippen molar-refractivity contribution in [2.45, 2.75) is 13.3 Å². The molecule has 4 heteroatoms. The minimum atomic E-state index is 0.000674. The highest BCUT2D eigenvalue weighted by Gasteiger charge is 2.12. The molecule has 1 aromatic carbocycles. The average Bonchev–Trinajstić information content (AvgIpc) is 2.35. The number of benzene rings is 1. The summed E-state index contributed by atoms with van der Waals surface area (Å²) in [5, 5.41) is 0.554. The quantitative estimate of drug-likeness (QED) is 0.791. The van der Waals surface area contributed by atoms with Crippen molar-refractivity contribution in [3.8, 4) is 0 Å². The standard InChI is InChI=1S/C14H11BrClNO/c1-9-2-4-11(17-8-9)7-14(18)12-6-10(16)3-5-13(12)15/h2-6,8H,7H2,1H3. The molecule has 0 aliphatic rings. The predicted octanol–water partition coefficient (Wildman–Crippen LogP) is 4.23. The van der Waals surface area contributed by atoms with Crippen LogP contribution in [-0.4, -0.2) is 10.8 Å². The Labute approximate surface area is 119 Å². The molecule has 0 atom stereocenters. The van der Waals surface area contributed by atoms with E-state index in [0.29, 0.717) is 10.6 Å². The Morgan fingerprint density at radius 1 is 1.33 bits per heavy atom. The normalized spacial score (nSPS) is 10.4. The Balaban J connectivity index is 2.21. The number of halogens is 2. The van der Waals surface area contributed by atoms with Crippen LogP contribution in [0.1, 0.15) is 21.6 Å². The maximum Gasteiger partial charge on any atom is 0.169 e. The third-order valence-corrected chi connectivity index (χ3v) is 3.47. The third kappa shape index (κ3) is 3.18. The molecular weight excluding hydrogens is 314 g/mol. The van der Waals surface area contributed by atoms with Crippen LogP contribution in [0.4, 0.5) is 0 Å². The van der Waals surface area contributed by atoms with Crippen LogP contribution < -0.4 is 0 Å². The van der Waals surface area contributed by atoms with Gasteiger partial charge in [-0.15, -0.1) is 0 Å². The highest BCUT2D eigenvalue weighted by atomic mass is 79.9. The lowest BCUT2D eigenvalue weighted by Crippen LogP contribution is -2.06. The van der Waals surface area contributed by atoms with Crippen molar-refractivity contribution in [3.05, 3.63) is 62.8 Å². The molecule has 2 nitrogen and oxygen atoms in total. The van der Waals surface area contributed by atoms with Crippen molar-refractivity contribution < 1.29 is 4.79 Å². The Bertz CT molecular complexity index is 581. The zero-order valence-corrected chi connectivity index (χ0v) is 12.1. The molecule has 18 heavy (non-hydrogen) atoms. The Hall–Kier alpha value is -1.19. The van der Waals surface area contributed by atoms with E-state index in [0.717, 1.165) is 15.7 Å². The molecule has 0 unspecified atom stereocenters. The molecule has 0 bridgehead atoms. The number of ketones is 1. The number of aromatic nitrogens is 1. The average molecular weight is 325 g/mol. The van der Waals surface area contributed by atoms with Gasteiger partial charge in [-0.05, 0) is 36.8 Å². The van der Waals surface area contributed by atoms with Crippen molar-refractivity contribution in [1.29, 1.82) is 0 Å². The highest BCUT2D eigenvalue weighted by molar-refractivity contribution is 9.10. The van der Waals surface area contributed by atoms with Crippen LogP contribution in [0.3, 0.4) is 0 Å². The first-order valence-corrected chi connectivity index (χ1v) is 6.63. The summed E-state index contributed by atoms with van der Waals surface area (Å²) in [5.41, 5.74) is 2.43. The molecule has 0 radical (unpaired) electrons. The second-order valence-electron chi connectivity index (χ2n) is 4.05. The van der Waals surface area contributed by atoms with Gasteiger partial charge in [0.25, 0.3) is 0 Å². The van der Waals surface area contributed by atoms with E-state index in [1.54, 1.807) is 24.4 Å². The summed E-state index contributed by atoms with van der Waals surface area (Å²) in [7, 11) is 0. The van der Waals surface area contributed by atoms with E-state index in [4.69, 9.17) is 11.6 Å². The number of carbonyl (C=O) groups excluding carboxylic acids is 1. The number of aryl methyl sites for hydroxylation is 1. The van der Waals surface area contributed by atoms with Crippen molar-refractivity contribution in [2.24, 2.45) is 0 Å². The maximum absolute atomic E-state index is 12.1. The van der Waals surface area contributed by atoms with E-state index < -0.39 is 0 Å². The summed E-state index contributed by atoms with van der Waals surface area (Å²) in [4.78, 5) is 16.4. The molecule has 0 amide bonds. The number of hydrogen-bond donors (Lipinski definition) is 0. The number of carbonyl (C=O) groups is 1. The Morgan fingerprint density at radius 2 is 2.11 bits per heavy atom. The van der Waals surface area contributed by atoms with E-state index in [-0.39, 0.29) is 12.2 Å². The number of hydrogen-bond acceptors (Lipinski definition) is 2. The number of Topliss-reactive ketones (excluding diaryl/α,β-unsaturated/α-hetero) is 1. The van der Waals surface area contributed by atoms with Gasteiger partial charge in [0.15, 0.2) is 5.78 Å². The molecule has 2 aromatic rings. The summed E-state index contributed by atoms with van der Waals surface area (Å²) < 4.78 is 0.754. The molecule has 1 aromatic heterocycles.